The van der Waals surface area contributed by atoms with E-state index in [0.717, 1.165) is 0 Å². The van der Waals surface area contributed by atoms with Gasteiger partial charge in [-0.1, -0.05) is 0 Å². The molecule has 0 aliphatic rings. The summed E-state index contributed by atoms with van der Waals surface area (Å²) in [6.07, 6.45) is 0. The second-order valence-corrected chi connectivity index (χ2v) is 0.183. The Labute approximate surface area is 43.2 Å². The summed E-state index contributed by atoms with van der Waals surface area (Å²) in [5, 5.41) is 7.35. The second kappa shape index (κ2) is 24.5. The first kappa shape index (κ1) is 17.8. The molecule has 4 heteroatoms. The Balaban J connectivity index is -0.0000000200. The van der Waals surface area contributed by atoms with Gasteiger partial charge in [-0.15, -0.1) is 24.8 Å². The Kier molecular flexibility index (Phi) is 87.3. The van der Waals surface area contributed by atoms with Gasteiger partial charge >= 0.3 is 0 Å². The van der Waals surface area contributed by atoms with E-state index < -0.39 is 0 Å². The lowest BCUT2D eigenvalue weighted by molar-refractivity contribution is 0.307. The lowest BCUT2D eigenvalue weighted by Gasteiger charge is -1.56. The molecule has 0 aliphatic carbocycles. The van der Waals surface area contributed by atoms with E-state index in [4.69, 9.17) is 5.11 Å². The summed E-state index contributed by atoms with van der Waals surface area (Å²) < 4.78 is 0. The Hall–Kier alpha value is 0.500. The standard InChI is InChI=1S/CH5NO.2ClH/c2-1-3;;/h3H,1-2H2;2*1H. The van der Waals surface area contributed by atoms with Crippen LogP contribution in [0.5, 0.6) is 0 Å². The molecule has 0 rings (SSSR count). The maximum absolute atomic E-state index is 7.35. The molecular formula is CH7Cl2NO. The van der Waals surface area contributed by atoms with Gasteiger partial charge < -0.3 is 10.8 Å². The molecule has 0 unspecified atom stereocenters. The SMILES string of the molecule is Cl.Cl.NCO. The van der Waals surface area contributed by atoms with Crippen LogP contribution < -0.4 is 5.73 Å². The maximum Gasteiger partial charge on any atom is 0.0906 e. The summed E-state index contributed by atoms with van der Waals surface area (Å²) in [7, 11) is 0. The average molecular weight is 120 g/mol. The molecular weight excluding hydrogens is 113 g/mol. The zero-order chi connectivity index (χ0) is 2.71. The van der Waals surface area contributed by atoms with Crippen molar-refractivity contribution in [2.24, 2.45) is 5.73 Å². The molecule has 5 heavy (non-hydrogen) atoms. The van der Waals surface area contributed by atoms with Crippen molar-refractivity contribution in [2.75, 3.05) is 6.73 Å². The summed E-state index contributed by atoms with van der Waals surface area (Å²) in [6.45, 7) is -0.250. The van der Waals surface area contributed by atoms with E-state index in [0.29, 0.717) is 0 Å². The molecule has 3 N–H and O–H groups in total. The highest BCUT2D eigenvalue weighted by molar-refractivity contribution is 5.85. The molecule has 2 nitrogen and oxygen atoms in total. The van der Waals surface area contributed by atoms with Gasteiger partial charge in [-0.2, -0.15) is 0 Å². The number of rotatable bonds is 0. The molecule has 0 spiro atoms. The Morgan fingerprint density at radius 3 is 1.40 bits per heavy atom. The van der Waals surface area contributed by atoms with Gasteiger partial charge in [-0.05, 0) is 0 Å². The predicted octanol–water partition coefficient (Wildman–Crippen LogP) is -0.261. The van der Waals surface area contributed by atoms with Crippen molar-refractivity contribution in [3.05, 3.63) is 0 Å². The van der Waals surface area contributed by atoms with Crippen molar-refractivity contribution in [3.63, 3.8) is 0 Å². The molecule has 0 atom stereocenters. The third-order valence-electron chi connectivity index (χ3n) is 0. The van der Waals surface area contributed by atoms with Crippen molar-refractivity contribution < 1.29 is 5.11 Å². The number of aliphatic hydroxyl groups is 1. The summed E-state index contributed by atoms with van der Waals surface area (Å²) >= 11 is 0. The molecule has 0 amide bonds. The molecule has 0 aliphatic heterocycles. The molecule has 36 valence electrons. The van der Waals surface area contributed by atoms with Crippen molar-refractivity contribution in [2.45, 2.75) is 0 Å². The topological polar surface area (TPSA) is 46.2 Å². The maximum atomic E-state index is 7.35. The van der Waals surface area contributed by atoms with Gasteiger partial charge in [0.1, 0.15) is 0 Å². The van der Waals surface area contributed by atoms with Gasteiger partial charge in [0.15, 0.2) is 0 Å². The van der Waals surface area contributed by atoms with Crippen molar-refractivity contribution in [1.29, 1.82) is 0 Å². The summed E-state index contributed by atoms with van der Waals surface area (Å²) in [5.41, 5.74) is 4.40. The summed E-state index contributed by atoms with van der Waals surface area (Å²) in [5.74, 6) is 0. The molecule has 0 aromatic rings. The van der Waals surface area contributed by atoms with Crippen LogP contribution in [0.1, 0.15) is 0 Å². The monoisotopic (exact) mass is 119 g/mol. The van der Waals surface area contributed by atoms with Crippen LogP contribution in [-0.4, -0.2) is 11.8 Å². The fourth-order valence-electron chi connectivity index (χ4n) is 0. The van der Waals surface area contributed by atoms with Gasteiger partial charge in [-0.25, -0.2) is 0 Å². The van der Waals surface area contributed by atoms with E-state index >= 15 is 0 Å². The van der Waals surface area contributed by atoms with Crippen LogP contribution in [0, 0.1) is 0 Å². The zero-order valence-corrected chi connectivity index (χ0v) is 4.18. The van der Waals surface area contributed by atoms with Crippen LogP contribution in [0.25, 0.3) is 0 Å². The molecule has 0 radical (unpaired) electrons. The van der Waals surface area contributed by atoms with Crippen LogP contribution in [0.4, 0.5) is 0 Å². The minimum absolute atomic E-state index is 0. The zero-order valence-electron chi connectivity index (χ0n) is 2.55. The highest BCUT2D eigenvalue weighted by Crippen LogP contribution is 1.04. The second-order valence-electron chi connectivity index (χ2n) is 0.183. The Morgan fingerprint density at radius 1 is 1.40 bits per heavy atom. The first-order valence-corrected chi connectivity index (χ1v) is 0.724. The van der Waals surface area contributed by atoms with Crippen LogP contribution in [0.2, 0.25) is 0 Å². The fourth-order valence-corrected chi connectivity index (χ4v) is 0. The minimum atomic E-state index is -0.250. The quantitative estimate of drug-likeness (QED) is 0.432. The van der Waals surface area contributed by atoms with E-state index in [1.165, 1.54) is 0 Å². The van der Waals surface area contributed by atoms with E-state index in [-0.39, 0.29) is 31.5 Å². The van der Waals surface area contributed by atoms with Crippen molar-refractivity contribution >= 4 is 24.8 Å². The fraction of sp³-hybridized carbons (Fsp3) is 1.00. The largest absolute Gasteiger partial charge is 0.382 e. The summed E-state index contributed by atoms with van der Waals surface area (Å²) in [6, 6.07) is 0. The molecule has 0 aromatic heterocycles. The van der Waals surface area contributed by atoms with E-state index in [1.807, 2.05) is 0 Å². The molecule has 0 saturated heterocycles. The number of halogens is 2. The normalized spacial score (nSPS) is 3.60. The summed E-state index contributed by atoms with van der Waals surface area (Å²) in [4.78, 5) is 0. The number of nitrogens with two attached hydrogens (primary N) is 1. The van der Waals surface area contributed by atoms with E-state index in [2.05, 4.69) is 5.73 Å². The van der Waals surface area contributed by atoms with Crippen molar-refractivity contribution in [1.82, 2.24) is 0 Å². The molecule has 0 saturated carbocycles. The molecule has 0 bridgehead atoms. The number of aliphatic hydroxyl groups excluding tert-OH is 1. The first-order valence-electron chi connectivity index (χ1n) is 0.724. The van der Waals surface area contributed by atoms with Gasteiger partial charge in [0.05, 0.1) is 6.73 Å². The number of hydrogen-bond donors (Lipinski definition) is 2. The van der Waals surface area contributed by atoms with E-state index in [1.54, 1.807) is 0 Å². The Morgan fingerprint density at radius 2 is 1.40 bits per heavy atom. The predicted molar refractivity (Wildman–Crippen MR) is 25.8 cm³/mol. The van der Waals surface area contributed by atoms with Crippen molar-refractivity contribution in [3.8, 4) is 0 Å². The molecule has 0 aromatic carbocycles. The third kappa shape index (κ3) is 113. The molecule has 0 heterocycles. The first-order chi connectivity index (χ1) is 1.41. The lowest BCUT2D eigenvalue weighted by atomic mass is 11.4. The van der Waals surface area contributed by atoms with Gasteiger partial charge in [-0.3, -0.25) is 0 Å². The van der Waals surface area contributed by atoms with Gasteiger partial charge in [0.2, 0.25) is 0 Å². The van der Waals surface area contributed by atoms with Crippen LogP contribution in [-0.2, 0) is 0 Å². The Bertz CT molecular complexity index is 9.61. The van der Waals surface area contributed by atoms with Crippen LogP contribution >= 0.6 is 24.8 Å². The minimum Gasteiger partial charge on any atom is -0.382 e. The molecule has 0 fully saturated rings. The highest BCUT2D eigenvalue weighted by Gasteiger charge is 1.30. The van der Waals surface area contributed by atoms with Crippen LogP contribution in [0.3, 0.4) is 0 Å². The van der Waals surface area contributed by atoms with E-state index in [9.17, 15) is 0 Å². The van der Waals surface area contributed by atoms with Crippen LogP contribution in [0.15, 0.2) is 0 Å². The van der Waals surface area contributed by atoms with Gasteiger partial charge in [0.25, 0.3) is 0 Å². The third-order valence-corrected chi connectivity index (χ3v) is 0. The highest BCUT2D eigenvalue weighted by atomic mass is 35.5. The van der Waals surface area contributed by atoms with Gasteiger partial charge in [0, 0.05) is 0 Å². The lowest BCUT2D eigenvalue weighted by Crippen LogP contribution is -1.92. The smallest absolute Gasteiger partial charge is 0.0906 e. The number of hydrogen-bond acceptors (Lipinski definition) is 2. The average Bonchev–Trinajstić information content (AvgIpc) is 0.918.